The topological polar surface area (TPSA) is 100 Å². The molecule has 7 nitrogen and oxygen atoms in total. The second-order valence-electron chi connectivity index (χ2n) is 5.32. The zero-order valence-corrected chi connectivity index (χ0v) is 14.5. The van der Waals surface area contributed by atoms with Crippen molar-refractivity contribution in [1.82, 2.24) is 5.32 Å². The van der Waals surface area contributed by atoms with E-state index >= 15 is 0 Å². The zero-order chi connectivity index (χ0) is 18.9. The van der Waals surface area contributed by atoms with E-state index in [1.165, 1.54) is 14.2 Å². The number of para-hydroxylation sites is 1. The number of anilines is 1. The van der Waals surface area contributed by atoms with Crippen molar-refractivity contribution >= 4 is 17.5 Å². The number of carbonyl (C=O) groups is 2. The maximum absolute atomic E-state index is 12.6. The van der Waals surface area contributed by atoms with Crippen molar-refractivity contribution in [3.8, 4) is 17.6 Å². The van der Waals surface area contributed by atoms with Crippen molar-refractivity contribution < 1.29 is 19.1 Å². The number of ether oxygens (including phenoxy) is 2. The lowest BCUT2D eigenvalue weighted by Crippen LogP contribution is -2.23. The summed E-state index contributed by atoms with van der Waals surface area (Å²) in [6, 6.07) is 13.8. The minimum Gasteiger partial charge on any atom is -0.497 e. The molecule has 0 heterocycles. The molecule has 0 atom stereocenters. The molecule has 0 bridgehead atoms. The van der Waals surface area contributed by atoms with Gasteiger partial charge >= 0.3 is 0 Å². The highest BCUT2D eigenvalue weighted by molar-refractivity contribution is 6.05. The molecule has 26 heavy (non-hydrogen) atoms. The Morgan fingerprint density at radius 2 is 1.73 bits per heavy atom. The van der Waals surface area contributed by atoms with Gasteiger partial charge in [0.15, 0.2) is 0 Å². The summed E-state index contributed by atoms with van der Waals surface area (Å²) in [5, 5.41) is 14.0. The number of nitrogens with zero attached hydrogens (tertiary/aromatic N) is 1. The molecule has 0 aliphatic rings. The van der Waals surface area contributed by atoms with Crippen LogP contribution in [-0.2, 0) is 11.3 Å². The fourth-order valence-corrected chi connectivity index (χ4v) is 2.26. The van der Waals surface area contributed by atoms with Crippen LogP contribution >= 0.6 is 0 Å². The normalized spacial score (nSPS) is 9.73. The number of hydrogen-bond acceptors (Lipinski definition) is 5. The van der Waals surface area contributed by atoms with E-state index in [9.17, 15) is 9.59 Å². The molecule has 7 heteroatoms. The van der Waals surface area contributed by atoms with Crippen LogP contribution in [-0.4, -0.2) is 26.0 Å². The molecule has 0 fully saturated rings. The van der Waals surface area contributed by atoms with Crippen molar-refractivity contribution in [1.29, 1.82) is 5.26 Å². The van der Waals surface area contributed by atoms with E-state index in [0.29, 0.717) is 22.7 Å². The molecular formula is C19H19N3O4. The standard InChI is InChI=1S/C19H19N3O4/c1-25-15-9-14(10-16(11-15)26-2)19(24)22-17-6-4-3-5-13(17)12-21-18(23)7-8-20/h3-6,9-11H,7,12H2,1-2H3,(H,21,23)(H,22,24). The van der Waals surface area contributed by atoms with Crippen LogP contribution in [0.4, 0.5) is 5.69 Å². The van der Waals surface area contributed by atoms with Gasteiger partial charge in [-0.25, -0.2) is 0 Å². The van der Waals surface area contributed by atoms with Crippen LogP contribution in [0.3, 0.4) is 0 Å². The Bertz CT molecular complexity index is 821. The lowest BCUT2D eigenvalue weighted by molar-refractivity contribution is -0.120. The van der Waals surface area contributed by atoms with Crippen molar-refractivity contribution in [3.05, 3.63) is 53.6 Å². The van der Waals surface area contributed by atoms with Gasteiger partial charge in [-0.1, -0.05) is 18.2 Å². The summed E-state index contributed by atoms with van der Waals surface area (Å²) >= 11 is 0. The van der Waals surface area contributed by atoms with Gasteiger partial charge in [0.25, 0.3) is 5.91 Å². The molecule has 2 aromatic carbocycles. The highest BCUT2D eigenvalue weighted by Crippen LogP contribution is 2.24. The Hall–Kier alpha value is -3.53. The second kappa shape index (κ2) is 9.08. The van der Waals surface area contributed by atoms with Crippen LogP contribution in [0.15, 0.2) is 42.5 Å². The number of methoxy groups -OCH3 is 2. The second-order valence-corrected chi connectivity index (χ2v) is 5.32. The number of nitrogens with one attached hydrogen (secondary N) is 2. The maximum atomic E-state index is 12.6. The molecule has 0 aliphatic carbocycles. The Balaban J connectivity index is 2.17. The van der Waals surface area contributed by atoms with E-state index in [2.05, 4.69) is 10.6 Å². The van der Waals surface area contributed by atoms with Crippen molar-refractivity contribution in [2.45, 2.75) is 13.0 Å². The molecule has 2 amide bonds. The Labute approximate surface area is 151 Å². The molecule has 2 aromatic rings. The van der Waals surface area contributed by atoms with E-state index in [4.69, 9.17) is 14.7 Å². The third-order valence-corrected chi connectivity index (χ3v) is 3.59. The molecule has 0 saturated carbocycles. The first kappa shape index (κ1) is 18.8. The average molecular weight is 353 g/mol. The molecule has 2 rings (SSSR count). The number of nitriles is 1. The Kier molecular flexibility index (Phi) is 6.57. The number of amides is 2. The van der Waals surface area contributed by atoms with E-state index in [1.807, 2.05) is 0 Å². The summed E-state index contributed by atoms with van der Waals surface area (Å²) in [4.78, 5) is 24.1. The van der Waals surface area contributed by atoms with Crippen molar-refractivity contribution in [2.75, 3.05) is 19.5 Å². The first-order valence-electron chi connectivity index (χ1n) is 7.83. The number of carbonyl (C=O) groups excluding carboxylic acids is 2. The summed E-state index contributed by atoms with van der Waals surface area (Å²) in [6.45, 7) is 0.207. The smallest absolute Gasteiger partial charge is 0.255 e. The predicted molar refractivity (Wildman–Crippen MR) is 96.0 cm³/mol. The number of hydrogen-bond donors (Lipinski definition) is 2. The van der Waals surface area contributed by atoms with Crippen LogP contribution in [0, 0.1) is 11.3 Å². The monoisotopic (exact) mass is 353 g/mol. The molecule has 0 unspecified atom stereocenters. The van der Waals surface area contributed by atoms with Gasteiger partial charge in [0.05, 0.1) is 20.3 Å². The number of benzene rings is 2. The SMILES string of the molecule is COc1cc(OC)cc(C(=O)Nc2ccccc2CNC(=O)CC#N)c1. The largest absolute Gasteiger partial charge is 0.497 e. The van der Waals surface area contributed by atoms with Crippen LogP contribution in [0.1, 0.15) is 22.3 Å². The molecular weight excluding hydrogens is 334 g/mol. The van der Waals surface area contributed by atoms with Gasteiger partial charge in [0, 0.05) is 23.9 Å². The maximum Gasteiger partial charge on any atom is 0.255 e. The summed E-state index contributed by atoms with van der Waals surface area (Å²) in [7, 11) is 3.02. The van der Waals surface area contributed by atoms with Gasteiger partial charge in [0.1, 0.15) is 17.9 Å². The van der Waals surface area contributed by atoms with Gasteiger partial charge in [-0.2, -0.15) is 5.26 Å². The zero-order valence-electron chi connectivity index (χ0n) is 14.5. The molecule has 2 N–H and O–H groups in total. The van der Waals surface area contributed by atoms with Gasteiger partial charge < -0.3 is 20.1 Å². The third kappa shape index (κ3) is 4.98. The predicted octanol–water partition coefficient (Wildman–Crippen LogP) is 2.49. The molecule has 0 spiro atoms. The van der Waals surface area contributed by atoms with Gasteiger partial charge in [-0.3, -0.25) is 9.59 Å². The fraction of sp³-hybridized carbons (Fsp3) is 0.211. The van der Waals surface area contributed by atoms with Gasteiger partial charge in [-0.05, 0) is 23.8 Å². The van der Waals surface area contributed by atoms with Gasteiger partial charge in [-0.15, -0.1) is 0 Å². The Morgan fingerprint density at radius 1 is 1.08 bits per heavy atom. The first-order chi connectivity index (χ1) is 12.6. The van der Waals surface area contributed by atoms with E-state index < -0.39 is 0 Å². The lowest BCUT2D eigenvalue weighted by Gasteiger charge is -2.13. The number of rotatable bonds is 7. The molecule has 0 aliphatic heterocycles. The third-order valence-electron chi connectivity index (χ3n) is 3.59. The van der Waals surface area contributed by atoms with Gasteiger partial charge in [0.2, 0.25) is 5.91 Å². The summed E-state index contributed by atoms with van der Waals surface area (Å²) in [5.74, 6) is 0.308. The summed E-state index contributed by atoms with van der Waals surface area (Å²) in [5.41, 5.74) is 1.67. The minimum atomic E-state index is -0.369. The van der Waals surface area contributed by atoms with E-state index in [1.54, 1.807) is 48.5 Å². The molecule has 134 valence electrons. The highest BCUT2D eigenvalue weighted by Gasteiger charge is 2.12. The molecule has 0 aromatic heterocycles. The quantitative estimate of drug-likeness (QED) is 0.796. The summed E-state index contributed by atoms with van der Waals surface area (Å²) in [6.07, 6.45) is -0.210. The molecule has 0 radical (unpaired) electrons. The molecule has 0 saturated heterocycles. The van der Waals surface area contributed by atoms with Crippen LogP contribution in [0.5, 0.6) is 11.5 Å². The average Bonchev–Trinajstić information content (AvgIpc) is 2.67. The minimum absolute atomic E-state index is 0.207. The van der Waals surface area contributed by atoms with Crippen molar-refractivity contribution in [2.24, 2.45) is 0 Å². The summed E-state index contributed by atoms with van der Waals surface area (Å²) < 4.78 is 10.4. The first-order valence-corrected chi connectivity index (χ1v) is 7.83. The van der Waals surface area contributed by atoms with Crippen molar-refractivity contribution in [3.63, 3.8) is 0 Å². The van der Waals surface area contributed by atoms with E-state index in [0.717, 1.165) is 5.56 Å². The fourth-order valence-electron chi connectivity index (χ4n) is 2.26. The Morgan fingerprint density at radius 3 is 2.35 bits per heavy atom. The van der Waals surface area contributed by atoms with Crippen LogP contribution in [0.2, 0.25) is 0 Å². The van der Waals surface area contributed by atoms with Crippen LogP contribution in [0.25, 0.3) is 0 Å². The van der Waals surface area contributed by atoms with E-state index in [-0.39, 0.29) is 24.8 Å². The highest BCUT2D eigenvalue weighted by atomic mass is 16.5. The van der Waals surface area contributed by atoms with Crippen LogP contribution < -0.4 is 20.1 Å². The lowest BCUT2D eigenvalue weighted by atomic mass is 10.1.